The summed E-state index contributed by atoms with van der Waals surface area (Å²) < 4.78 is 6.74. The number of nitrogens with zero attached hydrogens (tertiary/aromatic N) is 2. The highest BCUT2D eigenvalue weighted by atomic mass is 16.5. The summed E-state index contributed by atoms with van der Waals surface area (Å²) in [6.45, 7) is 0. The first-order valence-electron chi connectivity index (χ1n) is 5.53. The third kappa shape index (κ3) is 2.09. The maximum absolute atomic E-state index is 11.5. The highest BCUT2D eigenvalue weighted by molar-refractivity contribution is 5.75. The number of hydrogen-bond acceptors (Lipinski definition) is 4. The van der Waals surface area contributed by atoms with Gasteiger partial charge in [0.2, 0.25) is 0 Å². The number of aromatic nitrogens is 2. The Morgan fingerprint density at radius 1 is 1.62 bits per heavy atom. The van der Waals surface area contributed by atoms with Crippen LogP contribution < -0.4 is 5.32 Å². The average molecular weight is 223 g/mol. The summed E-state index contributed by atoms with van der Waals surface area (Å²) in [5.41, 5.74) is 0. The van der Waals surface area contributed by atoms with Crippen LogP contribution in [0.2, 0.25) is 0 Å². The van der Waals surface area contributed by atoms with Gasteiger partial charge in [0.1, 0.15) is 11.9 Å². The minimum atomic E-state index is -0.194. The Bertz CT molecular complexity index is 375. The first-order chi connectivity index (χ1) is 7.72. The molecule has 88 valence electrons. The van der Waals surface area contributed by atoms with Crippen molar-refractivity contribution in [3.63, 3.8) is 0 Å². The normalized spacial score (nSPS) is 25.4. The monoisotopic (exact) mass is 223 g/mol. The zero-order valence-electron chi connectivity index (χ0n) is 9.64. The molecule has 0 bridgehead atoms. The van der Waals surface area contributed by atoms with E-state index in [1.54, 1.807) is 6.20 Å². The van der Waals surface area contributed by atoms with Crippen LogP contribution in [0, 0.1) is 0 Å². The van der Waals surface area contributed by atoms with E-state index in [2.05, 4.69) is 10.3 Å². The molecule has 1 N–H and O–H groups in total. The van der Waals surface area contributed by atoms with Crippen LogP contribution >= 0.6 is 0 Å². The van der Waals surface area contributed by atoms with Gasteiger partial charge in [0.15, 0.2) is 0 Å². The number of imidazole rings is 1. The molecule has 5 nitrogen and oxygen atoms in total. The number of ether oxygens (including phenoxy) is 1. The number of methoxy groups -OCH3 is 1. The molecule has 2 atom stereocenters. The Hall–Kier alpha value is -1.36. The topological polar surface area (TPSA) is 56.1 Å². The third-order valence-corrected chi connectivity index (χ3v) is 3.04. The lowest BCUT2D eigenvalue weighted by Gasteiger charge is -2.28. The number of aryl methyl sites for hydroxylation is 1. The van der Waals surface area contributed by atoms with Gasteiger partial charge >= 0.3 is 5.97 Å². The molecule has 2 unspecified atom stereocenters. The van der Waals surface area contributed by atoms with Gasteiger partial charge in [0.05, 0.1) is 13.2 Å². The first kappa shape index (κ1) is 11.1. The van der Waals surface area contributed by atoms with Gasteiger partial charge < -0.3 is 9.30 Å². The second-order valence-corrected chi connectivity index (χ2v) is 4.12. The van der Waals surface area contributed by atoms with Crippen molar-refractivity contribution in [1.29, 1.82) is 0 Å². The number of hydrogen-bond donors (Lipinski definition) is 1. The Balaban J connectivity index is 2.07. The maximum atomic E-state index is 11.5. The molecule has 0 amide bonds. The predicted octanol–water partition coefficient (Wildman–Crippen LogP) is 0.776. The third-order valence-electron chi connectivity index (χ3n) is 3.04. The lowest BCUT2D eigenvalue weighted by atomic mass is 9.98. The van der Waals surface area contributed by atoms with Crippen molar-refractivity contribution in [3.8, 4) is 0 Å². The van der Waals surface area contributed by atoms with Crippen LogP contribution in [0.4, 0.5) is 0 Å². The van der Waals surface area contributed by atoms with E-state index in [1.807, 2.05) is 17.8 Å². The quantitative estimate of drug-likeness (QED) is 0.753. The Kier molecular flexibility index (Phi) is 3.24. The molecular weight excluding hydrogens is 206 g/mol. The minimum Gasteiger partial charge on any atom is -0.468 e. The zero-order valence-corrected chi connectivity index (χ0v) is 9.64. The summed E-state index contributed by atoms with van der Waals surface area (Å²) in [5.74, 6) is 0.799. The van der Waals surface area contributed by atoms with Crippen molar-refractivity contribution in [3.05, 3.63) is 18.2 Å². The van der Waals surface area contributed by atoms with Crippen molar-refractivity contribution in [1.82, 2.24) is 14.9 Å². The van der Waals surface area contributed by atoms with Gasteiger partial charge in [0.25, 0.3) is 0 Å². The van der Waals surface area contributed by atoms with E-state index < -0.39 is 0 Å². The number of esters is 1. The fraction of sp³-hybridized carbons (Fsp3) is 0.636. The molecule has 5 heteroatoms. The molecule has 2 rings (SSSR count). The molecule has 16 heavy (non-hydrogen) atoms. The first-order valence-corrected chi connectivity index (χ1v) is 5.53. The fourth-order valence-electron chi connectivity index (χ4n) is 2.18. The second kappa shape index (κ2) is 4.65. The SMILES string of the molecule is COC(=O)C1CCCC(c2nccn2C)N1. The van der Waals surface area contributed by atoms with Crippen LogP contribution in [-0.2, 0) is 16.6 Å². The number of piperidine rings is 1. The van der Waals surface area contributed by atoms with E-state index in [-0.39, 0.29) is 18.1 Å². The summed E-state index contributed by atoms with van der Waals surface area (Å²) in [6.07, 6.45) is 6.56. The largest absolute Gasteiger partial charge is 0.468 e. The van der Waals surface area contributed by atoms with Crippen LogP contribution in [0.3, 0.4) is 0 Å². The molecule has 0 saturated carbocycles. The van der Waals surface area contributed by atoms with E-state index in [9.17, 15) is 4.79 Å². The smallest absolute Gasteiger partial charge is 0.322 e. The number of carbonyl (C=O) groups is 1. The van der Waals surface area contributed by atoms with E-state index in [0.29, 0.717) is 0 Å². The van der Waals surface area contributed by atoms with Gasteiger partial charge in [-0.1, -0.05) is 0 Å². The van der Waals surface area contributed by atoms with Gasteiger partial charge in [-0.05, 0) is 19.3 Å². The second-order valence-electron chi connectivity index (χ2n) is 4.12. The standard InChI is InChI=1S/C11H17N3O2/c1-14-7-6-12-10(14)8-4-3-5-9(13-8)11(15)16-2/h6-9,13H,3-5H2,1-2H3. The highest BCUT2D eigenvalue weighted by Gasteiger charge is 2.29. The molecule has 1 aliphatic heterocycles. The van der Waals surface area contributed by atoms with Gasteiger partial charge in [0, 0.05) is 19.4 Å². The van der Waals surface area contributed by atoms with Crippen molar-refractivity contribution >= 4 is 5.97 Å². The molecule has 0 aromatic carbocycles. The molecule has 1 fully saturated rings. The van der Waals surface area contributed by atoms with Gasteiger partial charge in [-0.2, -0.15) is 0 Å². The molecule has 0 aliphatic carbocycles. The van der Waals surface area contributed by atoms with Crippen molar-refractivity contribution in [2.45, 2.75) is 31.3 Å². The summed E-state index contributed by atoms with van der Waals surface area (Å²) in [5, 5.41) is 3.29. The number of carbonyl (C=O) groups excluding carboxylic acids is 1. The minimum absolute atomic E-state index is 0.151. The van der Waals surface area contributed by atoms with Crippen molar-refractivity contribution in [2.75, 3.05) is 7.11 Å². The van der Waals surface area contributed by atoms with Crippen LogP contribution in [0.1, 0.15) is 31.1 Å². The Morgan fingerprint density at radius 3 is 3.06 bits per heavy atom. The van der Waals surface area contributed by atoms with Crippen LogP contribution in [0.5, 0.6) is 0 Å². The van der Waals surface area contributed by atoms with Crippen LogP contribution in [0.25, 0.3) is 0 Å². The lowest BCUT2D eigenvalue weighted by molar-refractivity contribution is -0.144. The summed E-state index contributed by atoms with van der Waals surface area (Å²) in [4.78, 5) is 15.8. The lowest BCUT2D eigenvalue weighted by Crippen LogP contribution is -2.43. The number of rotatable bonds is 2. The predicted molar refractivity (Wildman–Crippen MR) is 58.7 cm³/mol. The molecule has 0 radical (unpaired) electrons. The van der Waals surface area contributed by atoms with E-state index >= 15 is 0 Å². The van der Waals surface area contributed by atoms with Gasteiger partial charge in [-0.15, -0.1) is 0 Å². The summed E-state index contributed by atoms with van der Waals surface area (Å²) >= 11 is 0. The van der Waals surface area contributed by atoms with E-state index in [4.69, 9.17) is 4.74 Å². The van der Waals surface area contributed by atoms with E-state index in [1.165, 1.54) is 7.11 Å². The van der Waals surface area contributed by atoms with Crippen LogP contribution in [-0.4, -0.2) is 28.7 Å². The number of nitrogens with one attached hydrogen (secondary N) is 1. The van der Waals surface area contributed by atoms with Crippen LogP contribution in [0.15, 0.2) is 12.4 Å². The fourth-order valence-corrected chi connectivity index (χ4v) is 2.18. The van der Waals surface area contributed by atoms with Gasteiger partial charge in [-0.25, -0.2) is 4.98 Å². The molecule has 1 aromatic heterocycles. The molecule has 2 heterocycles. The molecule has 1 aromatic rings. The summed E-state index contributed by atoms with van der Waals surface area (Å²) in [6, 6.07) is -0.0432. The van der Waals surface area contributed by atoms with Crippen molar-refractivity contribution < 1.29 is 9.53 Å². The molecular formula is C11H17N3O2. The Labute approximate surface area is 94.8 Å². The average Bonchev–Trinajstić information content (AvgIpc) is 2.74. The highest BCUT2D eigenvalue weighted by Crippen LogP contribution is 2.24. The molecule has 0 spiro atoms. The summed E-state index contributed by atoms with van der Waals surface area (Å²) in [7, 11) is 3.39. The van der Waals surface area contributed by atoms with Crippen molar-refractivity contribution in [2.24, 2.45) is 7.05 Å². The zero-order chi connectivity index (χ0) is 11.5. The van der Waals surface area contributed by atoms with E-state index in [0.717, 1.165) is 25.1 Å². The molecule has 1 saturated heterocycles. The Morgan fingerprint density at radius 2 is 2.44 bits per heavy atom. The molecule has 1 aliphatic rings. The van der Waals surface area contributed by atoms with Gasteiger partial charge in [-0.3, -0.25) is 10.1 Å². The maximum Gasteiger partial charge on any atom is 0.322 e.